The SMILES string of the molecule is CCc1cccc(C)c1NC(=O)CNc1ccc(C)c(S(C)(=O)=O)c1C. The molecule has 0 radical (unpaired) electrons. The van der Waals surface area contributed by atoms with Crippen LogP contribution in [0.5, 0.6) is 0 Å². The third-order valence-corrected chi connectivity index (χ3v) is 5.79. The quantitative estimate of drug-likeness (QED) is 0.810. The van der Waals surface area contributed by atoms with Crippen LogP contribution in [0.2, 0.25) is 0 Å². The lowest BCUT2D eigenvalue weighted by Gasteiger charge is -2.16. The summed E-state index contributed by atoms with van der Waals surface area (Å²) in [5.41, 5.74) is 4.93. The molecule has 0 bridgehead atoms. The van der Waals surface area contributed by atoms with Crippen LogP contribution in [0.1, 0.15) is 29.2 Å². The molecular weight excluding hydrogens is 348 g/mol. The molecule has 0 spiro atoms. The smallest absolute Gasteiger partial charge is 0.243 e. The number of para-hydroxylation sites is 1. The van der Waals surface area contributed by atoms with Gasteiger partial charge in [-0.25, -0.2) is 8.42 Å². The van der Waals surface area contributed by atoms with Crippen LogP contribution in [0.4, 0.5) is 11.4 Å². The number of nitrogens with one attached hydrogen (secondary N) is 2. The highest BCUT2D eigenvalue weighted by molar-refractivity contribution is 7.90. The van der Waals surface area contributed by atoms with E-state index in [1.807, 2.05) is 32.0 Å². The Morgan fingerprint density at radius 1 is 1.04 bits per heavy atom. The third kappa shape index (κ3) is 4.43. The molecule has 0 saturated carbocycles. The molecule has 0 aliphatic carbocycles. The van der Waals surface area contributed by atoms with Crippen LogP contribution in [0, 0.1) is 20.8 Å². The van der Waals surface area contributed by atoms with Crippen molar-refractivity contribution in [1.82, 2.24) is 0 Å². The van der Waals surface area contributed by atoms with E-state index in [1.165, 1.54) is 6.26 Å². The molecule has 2 aromatic carbocycles. The topological polar surface area (TPSA) is 75.3 Å². The van der Waals surface area contributed by atoms with E-state index in [1.54, 1.807) is 26.0 Å². The van der Waals surface area contributed by atoms with Crippen molar-refractivity contribution in [3.05, 3.63) is 52.6 Å². The first-order chi connectivity index (χ1) is 12.1. The van der Waals surface area contributed by atoms with Crippen molar-refractivity contribution in [2.45, 2.75) is 39.0 Å². The van der Waals surface area contributed by atoms with Crippen LogP contribution in [0.25, 0.3) is 0 Å². The molecule has 0 aromatic heterocycles. The minimum atomic E-state index is -3.33. The molecule has 1 amide bonds. The molecule has 0 unspecified atom stereocenters. The van der Waals surface area contributed by atoms with Gasteiger partial charge in [-0.3, -0.25) is 4.79 Å². The van der Waals surface area contributed by atoms with E-state index in [2.05, 4.69) is 10.6 Å². The van der Waals surface area contributed by atoms with Crippen LogP contribution in [-0.2, 0) is 21.1 Å². The zero-order valence-corrected chi connectivity index (χ0v) is 16.8. The molecule has 2 aromatic rings. The number of aryl methyl sites for hydroxylation is 3. The molecular formula is C20H26N2O3S. The van der Waals surface area contributed by atoms with Gasteiger partial charge in [-0.2, -0.15) is 0 Å². The second-order valence-corrected chi connectivity index (χ2v) is 8.47. The second kappa shape index (κ2) is 7.91. The Bertz CT molecular complexity index is 934. The number of amides is 1. The predicted octanol–water partition coefficient (Wildman–Crippen LogP) is 3.63. The van der Waals surface area contributed by atoms with Crippen molar-refractivity contribution >= 4 is 27.1 Å². The Labute approximate surface area is 155 Å². The van der Waals surface area contributed by atoms with Crippen LogP contribution >= 0.6 is 0 Å². The highest BCUT2D eigenvalue weighted by Gasteiger charge is 2.17. The van der Waals surface area contributed by atoms with Crippen molar-refractivity contribution < 1.29 is 13.2 Å². The molecule has 6 heteroatoms. The Hall–Kier alpha value is -2.34. The minimum absolute atomic E-state index is 0.0601. The van der Waals surface area contributed by atoms with E-state index in [4.69, 9.17) is 0 Å². The predicted molar refractivity (Wildman–Crippen MR) is 107 cm³/mol. The van der Waals surface area contributed by atoms with Crippen molar-refractivity contribution in [2.24, 2.45) is 0 Å². The van der Waals surface area contributed by atoms with Gasteiger partial charge in [0.05, 0.1) is 11.4 Å². The standard InChI is InChI=1S/C20H26N2O3S/c1-6-16-9-7-8-13(2)19(16)22-18(23)12-21-17-11-10-14(3)20(15(17)4)26(5,24)25/h7-11,21H,6,12H2,1-5H3,(H,22,23). The number of rotatable bonds is 6. The summed E-state index contributed by atoms with van der Waals surface area (Å²) in [6.45, 7) is 7.59. The first kappa shape index (κ1) is 20.0. The maximum absolute atomic E-state index is 12.4. The van der Waals surface area contributed by atoms with E-state index in [-0.39, 0.29) is 12.5 Å². The summed E-state index contributed by atoms with van der Waals surface area (Å²) in [5, 5.41) is 6.01. The van der Waals surface area contributed by atoms with Crippen LogP contribution in [0.15, 0.2) is 35.2 Å². The number of anilines is 2. The zero-order valence-electron chi connectivity index (χ0n) is 15.9. The van der Waals surface area contributed by atoms with Gasteiger partial charge in [0.15, 0.2) is 9.84 Å². The van der Waals surface area contributed by atoms with Crippen LogP contribution in [0.3, 0.4) is 0 Å². The summed E-state index contributed by atoms with van der Waals surface area (Å²) in [6.07, 6.45) is 2.03. The molecule has 0 heterocycles. The van der Waals surface area contributed by atoms with Crippen molar-refractivity contribution in [3.63, 3.8) is 0 Å². The molecule has 5 nitrogen and oxygen atoms in total. The summed E-state index contributed by atoms with van der Waals surface area (Å²) in [4.78, 5) is 12.7. The fourth-order valence-electron chi connectivity index (χ4n) is 3.15. The normalized spacial score (nSPS) is 11.3. The molecule has 0 aliphatic heterocycles. The molecule has 140 valence electrons. The molecule has 0 saturated heterocycles. The van der Waals surface area contributed by atoms with Crippen molar-refractivity contribution in [2.75, 3.05) is 23.4 Å². The molecule has 0 atom stereocenters. The van der Waals surface area contributed by atoms with Gasteiger partial charge in [-0.05, 0) is 55.5 Å². The zero-order chi connectivity index (χ0) is 19.5. The largest absolute Gasteiger partial charge is 0.376 e. The number of sulfone groups is 1. The average Bonchev–Trinajstić information content (AvgIpc) is 2.54. The van der Waals surface area contributed by atoms with Gasteiger partial charge >= 0.3 is 0 Å². The second-order valence-electron chi connectivity index (χ2n) is 6.52. The van der Waals surface area contributed by atoms with Gasteiger partial charge in [0.1, 0.15) is 0 Å². The van der Waals surface area contributed by atoms with Crippen molar-refractivity contribution in [1.29, 1.82) is 0 Å². The monoisotopic (exact) mass is 374 g/mol. The fraction of sp³-hybridized carbons (Fsp3) is 0.350. The lowest BCUT2D eigenvalue weighted by atomic mass is 10.1. The fourth-order valence-corrected chi connectivity index (χ4v) is 4.47. The molecule has 2 N–H and O–H groups in total. The molecule has 0 fully saturated rings. The van der Waals surface area contributed by atoms with Gasteiger partial charge in [-0.1, -0.05) is 31.2 Å². The van der Waals surface area contributed by atoms with E-state index in [9.17, 15) is 13.2 Å². The number of carbonyl (C=O) groups excluding carboxylic acids is 1. The summed E-state index contributed by atoms with van der Waals surface area (Å²) in [6, 6.07) is 9.49. The maximum Gasteiger partial charge on any atom is 0.243 e. The Morgan fingerprint density at radius 3 is 2.35 bits per heavy atom. The van der Waals surface area contributed by atoms with Gasteiger partial charge in [0.2, 0.25) is 5.91 Å². The number of benzene rings is 2. The van der Waals surface area contributed by atoms with Gasteiger partial charge in [0, 0.05) is 17.6 Å². The minimum Gasteiger partial charge on any atom is -0.376 e. The summed E-state index contributed by atoms with van der Waals surface area (Å²) < 4.78 is 24.0. The van der Waals surface area contributed by atoms with Crippen molar-refractivity contribution in [3.8, 4) is 0 Å². The third-order valence-electron chi connectivity index (χ3n) is 4.42. The highest BCUT2D eigenvalue weighted by atomic mass is 32.2. The van der Waals surface area contributed by atoms with E-state index < -0.39 is 9.84 Å². The lowest BCUT2D eigenvalue weighted by Crippen LogP contribution is -2.23. The summed E-state index contributed by atoms with van der Waals surface area (Å²) >= 11 is 0. The Balaban J connectivity index is 2.17. The molecule has 0 aliphatic rings. The van der Waals surface area contributed by atoms with Gasteiger partial charge < -0.3 is 10.6 Å². The first-order valence-corrected chi connectivity index (χ1v) is 10.5. The maximum atomic E-state index is 12.4. The number of hydrogen-bond acceptors (Lipinski definition) is 4. The van der Waals surface area contributed by atoms with E-state index >= 15 is 0 Å². The van der Waals surface area contributed by atoms with Gasteiger partial charge in [-0.15, -0.1) is 0 Å². The first-order valence-electron chi connectivity index (χ1n) is 8.57. The van der Waals surface area contributed by atoms with E-state index in [0.717, 1.165) is 23.2 Å². The van der Waals surface area contributed by atoms with E-state index in [0.29, 0.717) is 21.7 Å². The summed E-state index contributed by atoms with van der Waals surface area (Å²) in [7, 11) is -3.33. The highest BCUT2D eigenvalue weighted by Crippen LogP contribution is 2.26. The molecule has 26 heavy (non-hydrogen) atoms. The van der Waals surface area contributed by atoms with Crippen LogP contribution < -0.4 is 10.6 Å². The van der Waals surface area contributed by atoms with Gasteiger partial charge in [0.25, 0.3) is 0 Å². The Kier molecular flexibility index (Phi) is 6.08. The Morgan fingerprint density at radius 2 is 1.73 bits per heavy atom. The number of carbonyl (C=O) groups is 1. The van der Waals surface area contributed by atoms with Crippen LogP contribution in [-0.4, -0.2) is 27.1 Å². The summed E-state index contributed by atoms with van der Waals surface area (Å²) in [5.74, 6) is -0.171. The number of hydrogen-bond donors (Lipinski definition) is 2. The molecule has 2 rings (SSSR count). The average molecular weight is 375 g/mol. The lowest BCUT2D eigenvalue weighted by molar-refractivity contribution is -0.114.